The fourth-order valence-electron chi connectivity index (χ4n) is 1.56. The van der Waals surface area contributed by atoms with E-state index in [4.69, 9.17) is 5.73 Å². The number of para-hydroxylation sites is 1. The highest BCUT2D eigenvalue weighted by Crippen LogP contribution is 2.18. The summed E-state index contributed by atoms with van der Waals surface area (Å²) in [6.07, 6.45) is 0. The van der Waals surface area contributed by atoms with Gasteiger partial charge in [-0.2, -0.15) is 0 Å². The number of fused-ring (bicyclic) bond motifs is 1. The van der Waals surface area contributed by atoms with Crippen LogP contribution in [0.3, 0.4) is 0 Å². The van der Waals surface area contributed by atoms with E-state index >= 15 is 0 Å². The van der Waals surface area contributed by atoms with Crippen molar-refractivity contribution in [3.05, 3.63) is 36.4 Å². The predicted octanol–water partition coefficient (Wildman–Crippen LogP) is 2.16. The second-order valence-corrected chi connectivity index (χ2v) is 4.99. The zero-order valence-electron chi connectivity index (χ0n) is 10.6. The zero-order valence-corrected chi connectivity index (χ0v) is 10.6. The Labute approximate surface area is 106 Å². The number of amides is 1. The van der Waals surface area contributed by atoms with Gasteiger partial charge in [-0.1, -0.05) is 18.2 Å². The molecule has 1 amide bonds. The summed E-state index contributed by atoms with van der Waals surface area (Å²) < 4.78 is 0. The first-order chi connectivity index (χ1) is 8.49. The summed E-state index contributed by atoms with van der Waals surface area (Å²) in [6, 6.07) is 11.8. The number of hydrogen-bond acceptors (Lipinski definition) is 3. The first-order valence-electron chi connectivity index (χ1n) is 5.89. The minimum absolute atomic E-state index is 0.323. The number of anilines is 1. The lowest BCUT2D eigenvalue weighted by Gasteiger charge is -2.21. The van der Waals surface area contributed by atoms with Gasteiger partial charge in [0.2, 0.25) is 5.91 Å². The summed E-state index contributed by atoms with van der Waals surface area (Å²) in [6.45, 7) is 4.08. The first kappa shape index (κ1) is 12.4. The third-order valence-corrected chi connectivity index (χ3v) is 2.98. The number of carbonyl (C=O) groups excluding carboxylic acids is 1. The van der Waals surface area contributed by atoms with Gasteiger partial charge in [0, 0.05) is 11.9 Å². The van der Waals surface area contributed by atoms with E-state index in [2.05, 4.69) is 10.3 Å². The molecule has 4 nitrogen and oxygen atoms in total. The number of primary amides is 1. The highest BCUT2D eigenvalue weighted by molar-refractivity contribution is 5.81. The number of hydrogen-bond donors (Lipinski definition) is 2. The molecule has 2 rings (SSSR count). The van der Waals surface area contributed by atoms with Crippen LogP contribution < -0.4 is 11.1 Å². The molecule has 1 aromatic heterocycles. The molecule has 0 saturated heterocycles. The minimum Gasteiger partial charge on any atom is -0.369 e. The van der Waals surface area contributed by atoms with Crippen LogP contribution in [0.1, 0.15) is 13.8 Å². The van der Waals surface area contributed by atoms with Crippen molar-refractivity contribution >= 4 is 22.6 Å². The largest absolute Gasteiger partial charge is 0.369 e. The molecule has 4 heteroatoms. The van der Waals surface area contributed by atoms with Crippen molar-refractivity contribution in [2.75, 3.05) is 11.9 Å². The van der Waals surface area contributed by atoms with Crippen molar-refractivity contribution in [1.29, 1.82) is 0 Å². The van der Waals surface area contributed by atoms with Crippen molar-refractivity contribution in [2.24, 2.45) is 11.1 Å². The minimum atomic E-state index is -0.590. The number of benzene rings is 1. The van der Waals surface area contributed by atoms with Gasteiger partial charge >= 0.3 is 0 Å². The molecule has 0 atom stereocenters. The SMILES string of the molecule is CC(C)(CNc1ccc2ccccc2n1)C(N)=O. The summed E-state index contributed by atoms with van der Waals surface area (Å²) in [4.78, 5) is 15.7. The Bertz CT molecular complexity index is 578. The van der Waals surface area contributed by atoms with Crippen molar-refractivity contribution in [3.8, 4) is 0 Å². The van der Waals surface area contributed by atoms with Crippen molar-refractivity contribution in [3.63, 3.8) is 0 Å². The van der Waals surface area contributed by atoms with Gasteiger partial charge in [-0.05, 0) is 32.0 Å². The molecule has 0 radical (unpaired) electrons. The maximum atomic E-state index is 11.2. The average molecular weight is 243 g/mol. The quantitative estimate of drug-likeness (QED) is 0.864. The van der Waals surface area contributed by atoms with Gasteiger partial charge in [-0.3, -0.25) is 4.79 Å². The molecule has 94 valence electrons. The van der Waals surface area contributed by atoms with Crippen molar-refractivity contribution in [1.82, 2.24) is 4.98 Å². The maximum Gasteiger partial charge on any atom is 0.224 e. The Balaban J connectivity index is 2.15. The molecule has 0 saturated carbocycles. The van der Waals surface area contributed by atoms with Gasteiger partial charge in [-0.25, -0.2) is 4.98 Å². The number of nitrogens with zero attached hydrogens (tertiary/aromatic N) is 1. The Kier molecular flexibility index (Phi) is 3.19. The van der Waals surface area contributed by atoms with E-state index in [0.717, 1.165) is 16.7 Å². The fourth-order valence-corrected chi connectivity index (χ4v) is 1.56. The zero-order chi connectivity index (χ0) is 13.2. The lowest BCUT2D eigenvalue weighted by molar-refractivity contribution is -0.125. The molecule has 0 aliphatic carbocycles. The van der Waals surface area contributed by atoms with E-state index < -0.39 is 5.41 Å². The Morgan fingerprint density at radius 1 is 1.28 bits per heavy atom. The third-order valence-electron chi connectivity index (χ3n) is 2.98. The van der Waals surface area contributed by atoms with E-state index in [0.29, 0.717) is 6.54 Å². The summed E-state index contributed by atoms with van der Waals surface area (Å²) in [7, 11) is 0. The molecule has 0 spiro atoms. The second kappa shape index (κ2) is 4.64. The Morgan fingerprint density at radius 2 is 2.00 bits per heavy atom. The van der Waals surface area contributed by atoms with E-state index in [-0.39, 0.29) is 5.91 Å². The summed E-state index contributed by atoms with van der Waals surface area (Å²) in [5, 5.41) is 4.24. The molecule has 3 N–H and O–H groups in total. The van der Waals surface area contributed by atoms with Crippen LogP contribution in [0.2, 0.25) is 0 Å². The lowest BCUT2D eigenvalue weighted by atomic mass is 9.93. The molecule has 1 heterocycles. The maximum absolute atomic E-state index is 11.2. The van der Waals surface area contributed by atoms with E-state index in [9.17, 15) is 4.79 Å². The standard InChI is InChI=1S/C14H17N3O/c1-14(2,13(15)18)9-16-12-8-7-10-5-3-4-6-11(10)17-12/h3-8H,9H2,1-2H3,(H2,15,18)(H,16,17). The molecular formula is C14H17N3O. The van der Waals surface area contributed by atoms with Crippen LogP contribution in [-0.2, 0) is 4.79 Å². The van der Waals surface area contributed by atoms with E-state index in [1.165, 1.54) is 0 Å². The monoisotopic (exact) mass is 243 g/mol. The van der Waals surface area contributed by atoms with Crippen LogP contribution in [0.5, 0.6) is 0 Å². The smallest absolute Gasteiger partial charge is 0.224 e. The molecule has 18 heavy (non-hydrogen) atoms. The van der Waals surface area contributed by atoms with Gasteiger partial charge in [0.15, 0.2) is 0 Å². The molecule has 0 fully saturated rings. The van der Waals surface area contributed by atoms with Crippen LogP contribution >= 0.6 is 0 Å². The first-order valence-corrected chi connectivity index (χ1v) is 5.89. The van der Waals surface area contributed by atoms with Crippen LogP contribution in [0.15, 0.2) is 36.4 Å². The van der Waals surface area contributed by atoms with Crippen LogP contribution in [0, 0.1) is 5.41 Å². The van der Waals surface area contributed by atoms with Crippen LogP contribution in [0.25, 0.3) is 10.9 Å². The van der Waals surface area contributed by atoms with E-state index in [1.54, 1.807) is 0 Å². The molecule has 1 aromatic carbocycles. The van der Waals surface area contributed by atoms with Gasteiger partial charge in [-0.15, -0.1) is 0 Å². The van der Waals surface area contributed by atoms with E-state index in [1.807, 2.05) is 50.2 Å². The molecule has 0 aliphatic heterocycles. The average Bonchev–Trinajstić information content (AvgIpc) is 2.36. The molecular weight excluding hydrogens is 226 g/mol. The summed E-state index contributed by atoms with van der Waals surface area (Å²) in [5.74, 6) is 0.429. The van der Waals surface area contributed by atoms with Crippen molar-refractivity contribution < 1.29 is 4.79 Å². The fraction of sp³-hybridized carbons (Fsp3) is 0.286. The number of pyridine rings is 1. The number of nitrogens with one attached hydrogen (secondary N) is 1. The molecule has 0 bridgehead atoms. The lowest BCUT2D eigenvalue weighted by Crippen LogP contribution is -2.37. The van der Waals surface area contributed by atoms with Gasteiger partial charge in [0.1, 0.15) is 5.82 Å². The summed E-state index contributed by atoms with van der Waals surface area (Å²) >= 11 is 0. The predicted molar refractivity (Wildman–Crippen MR) is 73.2 cm³/mol. The Hall–Kier alpha value is -2.10. The molecule has 0 aliphatic rings. The molecule has 2 aromatic rings. The van der Waals surface area contributed by atoms with Crippen LogP contribution in [-0.4, -0.2) is 17.4 Å². The topological polar surface area (TPSA) is 68.0 Å². The number of carbonyl (C=O) groups is 1. The second-order valence-electron chi connectivity index (χ2n) is 4.99. The van der Waals surface area contributed by atoms with Crippen LogP contribution in [0.4, 0.5) is 5.82 Å². The Morgan fingerprint density at radius 3 is 2.72 bits per heavy atom. The molecule has 0 unspecified atom stereocenters. The number of rotatable bonds is 4. The normalized spacial score (nSPS) is 11.4. The van der Waals surface area contributed by atoms with Crippen molar-refractivity contribution in [2.45, 2.75) is 13.8 Å². The van der Waals surface area contributed by atoms with Gasteiger partial charge in [0.05, 0.1) is 10.9 Å². The number of nitrogens with two attached hydrogens (primary N) is 1. The summed E-state index contributed by atoms with van der Waals surface area (Å²) in [5.41, 5.74) is 5.67. The highest BCUT2D eigenvalue weighted by atomic mass is 16.1. The highest BCUT2D eigenvalue weighted by Gasteiger charge is 2.24. The third kappa shape index (κ3) is 2.59. The van der Waals surface area contributed by atoms with Gasteiger partial charge in [0.25, 0.3) is 0 Å². The van der Waals surface area contributed by atoms with Gasteiger partial charge < -0.3 is 11.1 Å². The number of aromatic nitrogens is 1.